The summed E-state index contributed by atoms with van der Waals surface area (Å²) < 4.78 is 83.5. The van der Waals surface area contributed by atoms with Crippen LogP contribution in [0.3, 0.4) is 0 Å². The maximum absolute atomic E-state index is 14.0. The molecule has 300 valence electrons. The number of sulfonamides is 1. The predicted octanol–water partition coefficient (Wildman–Crippen LogP) is 8.07. The van der Waals surface area contributed by atoms with E-state index in [1.54, 1.807) is 18.2 Å². The van der Waals surface area contributed by atoms with Gasteiger partial charge in [0.05, 0.1) is 23.6 Å². The van der Waals surface area contributed by atoms with Gasteiger partial charge in [0.2, 0.25) is 11.8 Å². The molecule has 0 saturated heterocycles. The minimum absolute atomic E-state index is 0.0522. The molecule has 6 rings (SSSR count). The second-order valence-corrected chi connectivity index (χ2v) is 14.6. The minimum Gasteiger partial charge on any atom is -0.481 e. The van der Waals surface area contributed by atoms with E-state index in [9.17, 15) is 36.0 Å². The average Bonchev–Trinajstić information content (AvgIpc) is 3.73. The normalized spacial score (nSPS) is 13.5. The number of ether oxygens (including phenoxy) is 3. The number of aromatic nitrogens is 2. The van der Waals surface area contributed by atoms with Gasteiger partial charge in [-0.1, -0.05) is 55.1 Å². The summed E-state index contributed by atoms with van der Waals surface area (Å²) in [5, 5.41) is 5.27. The molecule has 1 unspecified atom stereocenters. The minimum atomic E-state index is -4.69. The molecule has 13 nitrogen and oxygen atoms in total. The Hall–Kier alpha value is -6.75. The molecule has 1 atom stereocenters. The molecule has 17 heteroatoms. The number of methoxy groups -OCH3 is 1. The van der Waals surface area contributed by atoms with Crippen LogP contribution < -0.4 is 24.8 Å². The van der Waals surface area contributed by atoms with Crippen molar-refractivity contribution >= 4 is 39.7 Å². The summed E-state index contributed by atoms with van der Waals surface area (Å²) in [6.07, 6.45) is -1.20. The Balaban J connectivity index is 1.23. The summed E-state index contributed by atoms with van der Waals surface area (Å²) in [6.45, 7) is 3.88. The lowest BCUT2D eigenvalue weighted by Crippen LogP contribution is -2.38. The third-order valence-electron chi connectivity index (χ3n) is 8.93. The maximum Gasteiger partial charge on any atom is 0.416 e. The van der Waals surface area contributed by atoms with Crippen LogP contribution in [-0.2, 0) is 25.7 Å². The van der Waals surface area contributed by atoms with Gasteiger partial charge in [-0.3, -0.25) is 9.59 Å². The van der Waals surface area contributed by atoms with E-state index in [4.69, 9.17) is 14.2 Å². The van der Waals surface area contributed by atoms with Crippen LogP contribution in [0.1, 0.15) is 58.8 Å². The van der Waals surface area contributed by atoms with Gasteiger partial charge < -0.3 is 24.8 Å². The zero-order valence-electron chi connectivity index (χ0n) is 30.8. The number of anilines is 1. The Morgan fingerprint density at radius 2 is 1.59 bits per heavy atom. The topological polar surface area (TPSA) is 175 Å². The van der Waals surface area contributed by atoms with Gasteiger partial charge in [0, 0.05) is 22.4 Å². The van der Waals surface area contributed by atoms with E-state index in [1.807, 2.05) is 35.1 Å². The number of carbonyl (C=O) groups is 3. The molecule has 1 saturated carbocycles. The van der Waals surface area contributed by atoms with Crippen molar-refractivity contribution in [3.63, 3.8) is 0 Å². The van der Waals surface area contributed by atoms with Crippen LogP contribution in [0, 0.1) is 0 Å². The van der Waals surface area contributed by atoms with Crippen molar-refractivity contribution in [3.05, 3.63) is 132 Å². The number of benzene rings is 4. The summed E-state index contributed by atoms with van der Waals surface area (Å²) in [4.78, 5) is 48.5. The number of carbonyl (C=O) groups excluding carboxylic acids is 3. The number of rotatable bonds is 13. The number of alkyl carbamates (subject to hydrolysis) is 1. The van der Waals surface area contributed by atoms with E-state index in [2.05, 4.69) is 27.2 Å². The van der Waals surface area contributed by atoms with Crippen LogP contribution in [-0.4, -0.2) is 49.5 Å². The van der Waals surface area contributed by atoms with E-state index in [-0.39, 0.29) is 29.1 Å². The van der Waals surface area contributed by atoms with Crippen molar-refractivity contribution < 1.29 is 50.2 Å². The van der Waals surface area contributed by atoms with Gasteiger partial charge in [-0.25, -0.2) is 17.9 Å². The zero-order valence-corrected chi connectivity index (χ0v) is 31.6. The lowest BCUT2D eigenvalue weighted by molar-refractivity contribution is -0.137. The zero-order chi connectivity index (χ0) is 41.5. The van der Waals surface area contributed by atoms with E-state index in [0.717, 1.165) is 30.5 Å². The Labute approximate surface area is 331 Å². The smallest absolute Gasteiger partial charge is 0.416 e. The molecule has 5 aromatic rings. The first-order chi connectivity index (χ1) is 27.7. The Bertz CT molecular complexity index is 2430. The van der Waals surface area contributed by atoms with Crippen molar-refractivity contribution in [2.45, 2.75) is 48.9 Å². The van der Waals surface area contributed by atoms with Gasteiger partial charge in [-0.15, -0.1) is 0 Å². The third-order valence-corrected chi connectivity index (χ3v) is 10.3. The highest BCUT2D eigenvalue weighted by atomic mass is 32.2. The predicted molar refractivity (Wildman–Crippen MR) is 206 cm³/mol. The second-order valence-electron chi connectivity index (χ2n) is 13.0. The molecule has 1 aromatic heterocycles. The summed E-state index contributed by atoms with van der Waals surface area (Å²) in [7, 11) is -3.11. The maximum atomic E-state index is 14.0. The number of nitrogens with zero attached hydrogens (tertiary/aromatic N) is 2. The summed E-state index contributed by atoms with van der Waals surface area (Å²) in [5.41, 5.74) is 0.232. The van der Waals surface area contributed by atoms with Gasteiger partial charge in [-0.2, -0.15) is 23.1 Å². The summed E-state index contributed by atoms with van der Waals surface area (Å²) >= 11 is 0. The van der Waals surface area contributed by atoms with Gasteiger partial charge in [0.25, 0.3) is 21.8 Å². The van der Waals surface area contributed by atoms with Crippen LogP contribution in [0.25, 0.3) is 17.5 Å². The highest BCUT2D eigenvalue weighted by Crippen LogP contribution is 2.33. The lowest BCUT2D eigenvalue weighted by Gasteiger charge is -2.21. The monoisotopic (exact) mass is 815 g/mol. The van der Waals surface area contributed by atoms with Crippen LogP contribution in [0.5, 0.6) is 17.5 Å². The van der Waals surface area contributed by atoms with Crippen LogP contribution >= 0.6 is 0 Å². The fourth-order valence-corrected chi connectivity index (χ4v) is 6.99. The van der Waals surface area contributed by atoms with E-state index >= 15 is 0 Å². The van der Waals surface area contributed by atoms with Crippen molar-refractivity contribution in [2.75, 3.05) is 12.4 Å². The molecule has 0 bridgehead atoms. The van der Waals surface area contributed by atoms with Crippen LogP contribution in [0.4, 0.5) is 23.7 Å². The average molecular weight is 816 g/mol. The van der Waals surface area contributed by atoms with E-state index < -0.39 is 50.6 Å². The number of amides is 3. The van der Waals surface area contributed by atoms with E-state index in [0.29, 0.717) is 47.7 Å². The third kappa shape index (κ3) is 10.2. The van der Waals surface area contributed by atoms with Crippen molar-refractivity contribution in [1.82, 2.24) is 20.0 Å². The number of alkyl halides is 3. The fraction of sp³-hybridized carbons (Fsp3) is 0.195. The van der Waals surface area contributed by atoms with Gasteiger partial charge >= 0.3 is 12.3 Å². The molecular weight excluding hydrogens is 780 g/mol. The number of halogens is 3. The Kier molecular flexibility index (Phi) is 12.4. The van der Waals surface area contributed by atoms with Gasteiger partial charge in [-0.05, 0) is 85.8 Å². The highest BCUT2D eigenvalue weighted by molar-refractivity contribution is 7.90. The van der Waals surface area contributed by atoms with Gasteiger partial charge in [0.15, 0.2) is 5.82 Å². The molecule has 0 radical (unpaired) electrons. The molecule has 0 aliphatic heterocycles. The first-order valence-corrected chi connectivity index (χ1v) is 19.3. The largest absolute Gasteiger partial charge is 0.481 e. The second kappa shape index (κ2) is 17.6. The molecule has 1 fully saturated rings. The SMILES string of the molecule is C=Cc1cc(C(NC(=O)OC2CCCC2)C(=O)Nc2cccc(C(=O)NS(=O)(=O)c3ccc(C(F)(F)F)cc3)c2)ccc1Oc1cc(OC)nc(-c2ccccc2)n1. The van der Waals surface area contributed by atoms with E-state index in [1.165, 1.54) is 43.5 Å². The standard InChI is InChI=1S/C41H36F3N5O8S/c1-3-25-22-27(16-21-33(25)57-35-24-34(55-2)46-37(47-35)26-10-5-4-6-11-26)36(48-40(52)56-31-14-7-8-15-31)39(51)45-30-13-9-12-28(23-30)38(50)49-58(53,54)32-19-17-29(18-20-32)41(42,43)44/h3-6,9-13,16-24,31,36H,1,7-8,14-15H2,2H3,(H,45,51)(H,48,52)(H,49,50). The van der Waals surface area contributed by atoms with Crippen molar-refractivity contribution in [2.24, 2.45) is 0 Å². The molecule has 1 aliphatic carbocycles. The Morgan fingerprint density at radius 1 is 0.879 bits per heavy atom. The van der Waals surface area contributed by atoms with Crippen molar-refractivity contribution in [3.8, 4) is 28.9 Å². The van der Waals surface area contributed by atoms with Crippen molar-refractivity contribution in [1.29, 1.82) is 0 Å². The molecular formula is C41H36F3N5O8S. The highest BCUT2D eigenvalue weighted by Gasteiger charge is 2.31. The molecule has 0 spiro atoms. The molecule has 1 aliphatic rings. The number of hydrogen-bond acceptors (Lipinski definition) is 10. The number of hydrogen-bond donors (Lipinski definition) is 3. The number of nitrogens with one attached hydrogen (secondary N) is 3. The molecule has 3 N–H and O–H groups in total. The Morgan fingerprint density at radius 3 is 2.26 bits per heavy atom. The molecule has 58 heavy (non-hydrogen) atoms. The fourth-order valence-electron chi connectivity index (χ4n) is 6.01. The first-order valence-electron chi connectivity index (χ1n) is 17.8. The summed E-state index contributed by atoms with van der Waals surface area (Å²) in [5.74, 6) is -0.800. The molecule has 3 amide bonds. The molecule has 1 heterocycles. The summed E-state index contributed by atoms with van der Waals surface area (Å²) in [6, 6.07) is 21.9. The van der Waals surface area contributed by atoms with Crippen LogP contribution in [0.2, 0.25) is 0 Å². The van der Waals surface area contributed by atoms with Gasteiger partial charge in [0.1, 0.15) is 17.9 Å². The lowest BCUT2D eigenvalue weighted by atomic mass is 10.0. The van der Waals surface area contributed by atoms with Crippen LogP contribution in [0.15, 0.2) is 115 Å². The first kappa shape index (κ1) is 40.9. The molecule has 4 aromatic carbocycles. The quantitative estimate of drug-likeness (QED) is 0.105.